The molecule has 2 heterocycles. The zero-order chi connectivity index (χ0) is 15.0. The lowest BCUT2D eigenvalue weighted by atomic mass is 10.1. The van der Waals surface area contributed by atoms with Gasteiger partial charge in [-0.05, 0) is 35.7 Å². The first-order chi connectivity index (χ1) is 9.93. The molecule has 3 rings (SSSR count). The maximum atomic E-state index is 11.5. The molecule has 0 fully saturated rings. The summed E-state index contributed by atoms with van der Waals surface area (Å²) in [4.78, 5) is 11.5. The summed E-state index contributed by atoms with van der Waals surface area (Å²) in [5, 5.41) is 8.21. The molecule has 1 aliphatic heterocycles. The Labute approximate surface area is 126 Å². The topological polar surface area (TPSA) is 114 Å². The van der Waals surface area contributed by atoms with Gasteiger partial charge in [0.15, 0.2) is 0 Å². The average Bonchev–Trinajstić information content (AvgIpc) is 2.81. The number of hydrogen-bond acceptors (Lipinski definition) is 6. The molecule has 0 saturated heterocycles. The third-order valence-corrected chi connectivity index (χ3v) is 4.22. The molecule has 0 radical (unpaired) electrons. The highest BCUT2D eigenvalue weighted by Gasteiger charge is 2.26. The van der Waals surface area contributed by atoms with Crippen LogP contribution in [0.25, 0.3) is 0 Å². The van der Waals surface area contributed by atoms with Crippen LogP contribution in [0.4, 0.5) is 17.3 Å². The molecule has 0 spiro atoms. The predicted octanol–water partition coefficient (Wildman–Crippen LogP) is 0.835. The number of nitrogens with two attached hydrogens (primary N) is 1. The van der Waals surface area contributed by atoms with Crippen LogP contribution in [0.5, 0.6) is 0 Å². The summed E-state index contributed by atoms with van der Waals surface area (Å²) in [5.41, 5.74) is 2.11. The number of halogens is 1. The van der Waals surface area contributed by atoms with Crippen molar-refractivity contribution in [1.29, 1.82) is 0 Å². The molecule has 1 aliphatic rings. The van der Waals surface area contributed by atoms with E-state index in [-0.39, 0.29) is 11.2 Å². The van der Waals surface area contributed by atoms with E-state index in [2.05, 4.69) is 20.3 Å². The van der Waals surface area contributed by atoms with Crippen LogP contribution in [-0.2, 0) is 16.6 Å². The highest BCUT2D eigenvalue weighted by molar-refractivity contribution is 7.90. The van der Waals surface area contributed by atoms with Crippen molar-refractivity contribution in [1.82, 2.24) is 15.0 Å². The minimum atomic E-state index is -3.77. The second-order valence-corrected chi connectivity index (χ2v) is 6.22. The van der Waals surface area contributed by atoms with E-state index in [0.717, 1.165) is 5.56 Å². The summed E-state index contributed by atoms with van der Waals surface area (Å²) < 4.78 is 24.3. The Kier molecular flexibility index (Phi) is 3.40. The molecule has 0 amide bonds. The molecule has 0 bridgehead atoms. The van der Waals surface area contributed by atoms with Crippen molar-refractivity contribution in [3.63, 3.8) is 0 Å². The Morgan fingerprint density at radius 2 is 2.14 bits per heavy atom. The summed E-state index contributed by atoms with van der Waals surface area (Å²) >= 11 is 5.68. The lowest BCUT2D eigenvalue weighted by Gasteiger charge is -2.16. The third kappa shape index (κ3) is 2.89. The maximum absolute atomic E-state index is 11.5. The van der Waals surface area contributed by atoms with Gasteiger partial charge in [0.05, 0.1) is 5.69 Å². The van der Waals surface area contributed by atoms with Crippen LogP contribution in [0, 0.1) is 0 Å². The van der Waals surface area contributed by atoms with Gasteiger partial charge in [0.1, 0.15) is 6.33 Å². The van der Waals surface area contributed by atoms with Crippen molar-refractivity contribution in [2.24, 2.45) is 5.14 Å². The van der Waals surface area contributed by atoms with E-state index in [0.29, 0.717) is 24.3 Å². The van der Waals surface area contributed by atoms with Gasteiger partial charge in [0, 0.05) is 12.2 Å². The Morgan fingerprint density at radius 3 is 2.86 bits per heavy atom. The second kappa shape index (κ2) is 5.10. The van der Waals surface area contributed by atoms with Crippen molar-refractivity contribution in [3.8, 4) is 0 Å². The van der Waals surface area contributed by atoms with E-state index < -0.39 is 10.2 Å². The first-order valence-corrected chi connectivity index (χ1v) is 7.86. The van der Waals surface area contributed by atoms with Crippen LogP contribution in [0.2, 0.25) is 5.28 Å². The van der Waals surface area contributed by atoms with E-state index in [9.17, 15) is 8.42 Å². The zero-order valence-corrected chi connectivity index (χ0v) is 12.3. The number of aromatic nitrogens is 3. The largest absolute Gasteiger partial charge is 0.324 e. The molecule has 2 aromatic rings. The average molecular weight is 327 g/mol. The van der Waals surface area contributed by atoms with Gasteiger partial charge in [-0.3, -0.25) is 4.31 Å². The molecule has 10 heteroatoms. The molecule has 0 atom stereocenters. The van der Waals surface area contributed by atoms with E-state index in [1.54, 1.807) is 6.07 Å². The highest BCUT2D eigenvalue weighted by Crippen LogP contribution is 2.32. The van der Waals surface area contributed by atoms with Crippen LogP contribution in [0.1, 0.15) is 5.56 Å². The predicted molar refractivity (Wildman–Crippen MR) is 78.7 cm³/mol. The number of anilines is 3. The first-order valence-electron chi connectivity index (χ1n) is 5.98. The minimum absolute atomic E-state index is 0.0693. The number of nitrogens with one attached hydrogen (secondary N) is 1. The number of benzene rings is 1. The van der Waals surface area contributed by atoms with Crippen LogP contribution in [0.15, 0.2) is 24.5 Å². The van der Waals surface area contributed by atoms with Crippen molar-refractivity contribution in [2.45, 2.75) is 6.42 Å². The van der Waals surface area contributed by atoms with Gasteiger partial charge in [-0.25, -0.2) is 15.1 Å². The van der Waals surface area contributed by atoms with Crippen LogP contribution < -0.4 is 14.8 Å². The molecule has 0 aliphatic carbocycles. The Hall–Kier alpha value is -1.97. The fourth-order valence-electron chi connectivity index (χ4n) is 2.16. The lowest BCUT2D eigenvalue weighted by molar-refractivity contribution is 0.594. The van der Waals surface area contributed by atoms with Gasteiger partial charge in [-0.2, -0.15) is 13.4 Å². The van der Waals surface area contributed by atoms with Crippen LogP contribution in [-0.4, -0.2) is 29.9 Å². The first kappa shape index (κ1) is 14.0. The molecule has 21 heavy (non-hydrogen) atoms. The summed E-state index contributed by atoms with van der Waals surface area (Å²) in [5.74, 6) is 0.273. The second-order valence-electron chi connectivity index (χ2n) is 4.41. The smallest absolute Gasteiger partial charge is 0.299 e. The maximum Gasteiger partial charge on any atom is 0.299 e. The number of hydrogen-bond donors (Lipinski definition) is 2. The lowest BCUT2D eigenvalue weighted by Crippen LogP contribution is -2.35. The molecule has 0 unspecified atom stereocenters. The standard InChI is InChI=1S/C11H11ClN6O2S/c12-10-14-6-15-11(17-10)16-8-2-1-7-3-4-18(9(7)5-8)21(13,19)20/h1-2,5-6H,3-4H2,(H2,13,19,20)(H,14,15,16,17). The van der Waals surface area contributed by atoms with Crippen molar-refractivity contribution in [2.75, 3.05) is 16.2 Å². The quantitative estimate of drug-likeness (QED) is 0.863. The Balaban J connectivity index is 1.93. The molecule has 1 aromatic carbocycles. The fourth-order valence-corrected chi connectivity index (χ4v) is 3.07. The van der Waals surface area contributed by atoms with Crippen LogP contribution in [0.3, 0.4) is 0 Å². The van der Waals surface area contributed by atoms with Gasteiger partial charge >= 0.3 is 0 Å². The number of nitrogens with zero attached hydrogens (tertiary/aromatic N) is 4. The minimum Gasteiger partial charge on any atom is -0.324 e. The molecular weight excluding hydrogens is 316 g/mol. The summed E-state index contributed by atoms with van der Waals surface area (Å²) in [6, 6.07) is 5.33. The van der Waals surface area contributed by atoms with Gasteiger partial charge in [0.2, 0.25) is 11.2 Å². The molecule has 8 nitrogen and oxygen atoms in total. The fraction of sp³-hybridized carbons (Fsp3) is 0.182. The van der Waals surface area contributed by atoms with Crippen molar-refractivity contribution < 1.29 is 8.42 Å². The summed E-state index contributed by atoms with van der Waals surface area (Å²) in [6.07, 6.45) is 1.91. The van der Waals surface area contributed by atoms with Crippen molar-refractivity contribution in [3.05, 3.63) is 35.4 Å². The SMILES string of the molecule is NS(=O)(=O)N1CCc2ccc(Nc3ncnc(Cl)n3)cc21. The van der Waals surface area contributed by atoms with E-state index in [1.807, 2.05) is 12.1 Å². The molecule has 1 aromatic heterocycles. The third-order valence-electron chi connectivity index (χ3n) is 3.04. The molecule has 110 valence electrons. The summed E-state index contributed by atoms with van der Waals surface area (Å²) in [6.45, 7) is 0.342. The van der Waals surface area contributed by atoms with E-state index in [4.69, 9.17) is 16.7 Å². The monoisotopic (exact) mass is 326 g/mol. The zero-order valence-electron chi connectivity index (χ0n) is 10.7. The van der Waals surface area contributed by atoms with Crippen molar-refractivity contribution >= 4 is 39.1 Å². The van der Waals surface area contributed by atoms with Gasteiger partial charge in [-0.15, -0.1) is 0 Å². The number of rotatable bonds is 3. The van der Waals surface area contributed by atoms with Gasteiger partial charge in [0.25, 0.3) is 10.2 Å². The Morgan fingerprint density at radius 1 is 1.33 bits per heavy atom. The Bertz CT molecular complexity index is 797. The van der Waals surface area contributed by atoms with E-state index >= 15 is 0 Å². The highest BCUT2D eigenvalue weighted by atomic mass is 35.5. The van der Waals surface area contributed by atoms with Crippen LogP contribution >= 0.6 is 11.6 Å². The van der Waals surface area contributed by atoms with E-state index in [1.165, 1.54) is 10.6 Å². The normalized spacial score (nSPS) is 14.1. The number of fused-ring (bicyclic) bond motifs is 1. The van der Waals surface area contributed by atoms with Gasteiger partial charge < -0.3 is 5.32 Å². The molecule has 3 N–H and O–H groups in total. The molecule has 0 saturated carbocycles. The summed E-state index contributed by atoms with van der Waals surface area (Å²) in [7, 11) is -3.77. The van der Waals surface area contributed by atoms with Gasteiger partial charge in [-0.1, -0.05) is 6.07 Å². The molecular formula is C11H11ClN6O2S.